The van der Waals surface area contributed by atoms with Gasteiger partial charge in [0.2, 0.25) is 5.91 Å². The summed E-state index contributed by atoms with van der Waals surface area (Å²) in [5, 5.41) is 4.61. The molecule has 0 spiro atoms. The van der Waals surface area contributed by atoms with Crippen molar-refractivity contribution < 1.29 is 23.9 Å². The summed E-state index contributed by atoms with van der Waals surface area (Å²) in [4.78, 5) is 45.3. The predicted molar refractivity (Wildman–Crippen MR) is 156 cm³/mol. The summed E-state index contributed by atoms with van der Waals surface area (Å²) in [7, 11) is 1.59. The summed E-state index contributed by atoms with van der Waals surface area (Å²) in [6.45, 7) is 7.85. The standard InChI is InChI=1S/C31H37N5O5/c1-4-33(5-2)20-21-41-31(39)28-26-17-19-35(23-11-9-22(10-12-23)34-18-7-6-8-27(34)37)30(38)29(26)36(32-28)24-13-15-25(40-3)16-14-24/h9-16H,4-8,17-21H2,1-3H3. The van der Waals surface area contributed by atoms with E-state index in [9.17, 15) is 14.4 Å². The number of esters is 1. The summed E-state index contributed by atoms with van der Waals surface area (Å²) in [5.74, 6) is 0.0182. The molecule has 41 heavy (non-hydrogen) atoms. The van der Waals surface area contributed by atoms with Crippen LogP contribution >= 0.6 is 0 Å². The molecule has 2 amide bonds. The second kappa shape index (κ2) is 12.6. The highest BCUT2D eigenvalue weighted by Gasteiger charge is 2.36. The summed E-state index contributed by atoms with van der Waals surface area (Å²) in [6.07, 6.45) is 2.91. The van der Waals surface area contributed by atoms with Gasteiger partial charge in [-0.3, -0.25) is 9.59 Å². The molecular weight excluding hydrogens is 522 g/mol. The van der Waals surface area contributed by atoms with E-state index in [1.165, 1.54) is 4.68 Å². The number of aromatic nitrogens is 2. The molecule has 2 aliphatic heterocycles. The Balaban J connectivity index is 1.44. The van der Waals surface area contributed by atoms with Crippen LogP contribution in [-0.4, -0.2) is 78.9 Å². The average molecular weight is 560 g/mol. The second-order valence-corrected chi connectivity index (χ2v) is 10.2. The summed E-state index contributed by atoms with van der Waals surface area (Å²) >= 11 is 0. The molecule has 1 aromatic heterocycles. The number of hydrogen-bond acceptors (Lipinski definition) is 7. The van der Waals surface area contributed by atoms with Crippen molar-refractivity contribution in [3.8, 4) is 11.4 Å². The van der Waals surface area contributed by atoms with Gasteiger partial charge in [0.15, 0.2) is 5.69 Å². The lowest BCUT2D eigenvalue weighted by molar-refractivity contribution is -0.119. The van der Waals surface area contributed by atoms with Gasteiger partial charge >= 0.3 is 5.97 Å². The molecule has 216 valence electrons. The fourth-order valence-corrected chi connectivity index (χ4v) is 5.45. The van der Waals surface area contributed by atoms with Gasteiger partial charge in [0.25, 0.3) is 5.91 Å². The van der Waals surface area contributed by atoms with Crippen molar-refractivity contribution in [1.29, 1.82) is 0 Å². The molecule has 0 atom stereocenters. The Morgan fingerprint density at radius 3 is 2.17 bits per heavy atom. The second-order valence-electron chi connectivity index (χ2n) is 10.2. The van der Waals surface area contributed by atoms with E-state index in [0.29, 0.717) is 55.2 Å². The fraction of sp³-hybridized carbons (Fsp3) is 0.419. The Kier molecular flexibility index (Phi) is 8.68. The largest absolute Gasteiger partial charge is 0.497 e. The Bertz CT molecular complexity index is 1400. The minimum absolute atomic E-state index is 0.127. The third-order valence-electron chi connectivity index (χ3n) is 7.86. The lowest BCUT2D eigenvalue weighted by Gasteiger charge is -2.29. The van der Waals surface area contributed by atoms with Crippen molar-refractivity contribution >= 4 is 29.2 Å². The Morgan fingerprint density at radius 2 is 1.54 bits per heavy atom. The van der Waals surface area contributed by atoms with E-state index in [2.05, 4.69) is 23.8 Å². The first-order chi connectivity index (χ1) is 19.9. The lowest BCUT2D eigenvalue weighted by Crippen LogP contribution is -2.39. The van der Waals surface area contributed by atoms with Gasteiger partial charge in [-0.2, -0.15) is 5.10 Å². The highest BCUT2D eigenvalue weighted by atomic mass is 16.5. The van der Waals surface area contributed by atoms with Crippen molar-refractivity contribution in [3.63, 3.8) is 0 Å². The van der Waals surface area contributed by atoms with Crippen molar-refractivity contribution in [3.05, 3.63) is 65.5 Å². The molecular formula is C31H37N5O5. The van der Waals surface area contributed by atoms with Crippen LogP contribution < -0.4 is 14.5 Å². The van der Waals surface area contributed by atoms with Gasteiger partial charge in [-0.1, -0.05) is 13.8 Å². The molecule has 3 heterocycles. The van der Waals surface area contributed by atoms with Gasteiger partial charge in [0.1, 0.15) is 18.1 Å². The number of hydrogen-bond donors (Lipinski definition) is 0. The minimum Gasteiger partial charge on any atom is -0.497 e. The molecule has 0 N–H and O–H groups in total. The molecule has 5 rings (SSSR count). The van der Waals surface area contributed by atoms with Gasteiger partial charge in [-0.05, 0) is 80.9 Å². The number of nitrogens with zero attached hydrogens (tertiary/aromatic N) is 5. The van der Waals surface area contributed by atoms with Crippen LogP contribution in [0.2, 0.25) is 0 Å². The third kappa shape index (κ3) is 5.83. The molecule has 1 saturated heterocycles. The molecule has 0 unspecified atom stereocenters. The maximum absolute atomic E-state index is 14.0. The van der Waals surface area contributed by atoms with Gasteiger partial charge in [0, 0.05) is 43.0 Å². The van der Waals surface area contributed by atoms with Crippen LogP contribution in [0.15, 0.2) is 48.5 Å². The monoisotopic (exact) mass is 559 g/mol. The topological polar surface area (TPSA) is 97.2 Å². The van der Waals surface area contributed by atoms with Crippen molar-refractivity contribution in [1.82, 2.24) is 14.7 Å². The molecule has 0 bridgehead atoms. The smallest absolute Gasteiger partial charge is 0.359 e. The Morgan fingerprint density at radius 1 is 0.878 bits per heavy atom. The molecule has 10 heteroatoms. The average Bonchev–Trinajstić information content (AvgIpc) is 3.41. The molecule has 2 aliphatic rings. The maximum atomic E-state index is 14.0. The number of fused-ring (bicyclic) bond motifs is 1. The van der Waals surface area contributed by atoms with Crippen LogP contribution in [-0.2, 0) is 16.0 Å². The third-order valence-corrected chi connectivity index (χ3v) is 7.86. The highest BCUT2D eigenvalue weighted by Crippen LogP contribution is 2.31. The van der Waals surface area contributed by atoms with E-state index in [1.54, 1.807) is 41.2 Å². The molecule has 2 aromatic carbocycles. The zero-order valence-corrected chi connectivity index (χ0v) is 24.0. The van der Waals surface area contributed by atoms with Crippen LogP contribution in [0.25, 0.3) is 5.69 Å². The minimum atomic E-state index is -0.530. The maximum Gasteiger partial charge on any atom is 0.359 e. The van der Waals surface area contributed by atoms with Crippen molar-refractivity contribution in [2.24, 2.45) is 0 Å². The number of benzene rings is 2. The van der Waals surface area contributed by atoms with Gasteiger partial charge in [-0.25, -0.2) is 9.48 Å². The number of carbonyl (C=O) groups is 3. The number of methoxy groups -OCH3 is 1. The molecule has 3 aromatic rings. The highest BCUT2D eigenvalue weighted by molar-refractivity contribution is 6.09. The Labute approximate surface area is 240 Å². The van der Waals surface area contributed by atoms with Crippen LogP contribution in [0.1, 0.15) is 59.7 Å². The quantitative estimate of drug-likeness (QED) is 0.345. The first-order valence-corrected chi connectivity index (χ1v) is 14.3. The number of rotatable bonds is 10. The number of likely N-dealkylation sites (N-methyl/N-ethyl adjacent to an activating group) is 1. The summed E-state index contributed by atoms with van der Waals surface area (Å²) < 4.78 is 12.4. The van der Waals surface area contributed by atoms with E-state index in [1.807, 2.05) is 24.3 Å². The van der Waals surface area contributed by atoms with E-state index in [-0.39, 0.29) is 24.1 Å². The van der Waals surface area contributed by atoms with E-state index in [0.717, 1.165) is 37.3 Å². The lowest BCUT2D eigenvalue weighted by atomic mass is 10.0. The van der Waals surface area contributed by atoms with Crippen molar-refractivity contribution in [2.75, 3.05) is 56.2 Å². The molecule has 0 aliphatic carbocycles. The van der Waals surface area contributed by atoms with Crippen molar-refractivity contribution in [2.45, 2.75) is 39.5 Å². The van der Waals surface area contributed by atoms with E-state index < -0.39 is 5.97 Å². The summed E-state index contributed by atoms with van der Waals surface area (Å²) in [5.41, 5.74) is 3.29. The van der Waals surface area contributed by atoms with Gasteiger partial charge in [-0.15, -0.1) is 0 Å². The number of ether oxygens (including phenoxy) is 2. The number of anilines is 2. The number of carbonyl (C=O) groups excluding carboxylic acids is 3. The van der Waals surface area contributed by atoms with Crippen LogP contribution in [0.3, 0.4) is 0 Å². The molecule has 0 radical (unpaired) electrons. The van der Waals surface area contributed by atoms with Crippen LogP contribution in [0.4, 0.5) is 11.4 Å². The summed E-state index contributed by atoms with van der Waals surface area (Å²) in [6, 6.07) is 14.7. The first kappa shape index (κ1) is 28.4. The number of piperidine rings is 1. The van der Waals surface area contributed by atoms with Crippen LogP contribution in [0.5, 0.6) is 5.75 Å². The molecule has 10 nitrogen and oxygen atoms in total. The predicted octanol–water partition coefficient (Wildman–Crippen LogP) is 4.10. The van der Waals surface area contributed by atoms with E-state index in [4.69, 9.17) is 9.47 Å². The molecule has 0 saturated carbocycles. The van der Waals surface area contributed by atoms with E-state index >= 15 is 0 Å². The first-order valence-electron chi connectivity index (χ1n) is 14.3. The Hall–Kier alpha value is -4.18. The number of amides is 2. The zero-order chi connectivity index (χ0) is 28.9. The SMILES string of the molecule is CCN(CC)CCOC(=O)c1nn(-c2ccc(OC)cc2)c2c1CCN(c1ccc(N3CCCCC3=O)cc1)C2=O. The fourth-order valence-electron chi connectivity index (χ4n) is 5.45. The van der Waals surface area contributed by atoms with Gasteiger partial charge in [0.05, 0.1) is 12.8 Å². The molecule has 1 fully saturated rings. The normalized spacial score (nSPS) is 15.3. The zero-order valence-electron chi connectivity index (χ0n) is 24.0. The van der Waals surface area contributed by atoms with Crippen LogP contribution in [0, 0.1) is 0 Å². The van der Waals surface area contributed by atoms with Gasteiger partial charge < -0.3 is 24.2 Å².